The molecule has 0 N–H and O–H groups in total. The Hall–Kier alpha value is -5.79. The zero-order chi connectivity index (χ0) is 26.3. The number of hydrogen-bond acceptors (Lipinski definition) is 2. The van der Waals surface area contributed by atoms with Gasteiger partial charge in [-0.25, -0.2) is 0 Å². The van der Waals surface area contributed by atoms with E-state index in [-0.39, 0.29) is 11.2 Å². The third kappa shape index (κ3) is 15.1. The third-order valence-electron chi connectivity index (χ3n) is 3.55. The standard InChI is InChI=1S/C34H20O2/c1-5-6-7-8-9-10-11-12-13-14-15-16-17-18-19-20-23-30-36-32-28-26-31(27-29-32)24-21-22-25-33(35)34(2,3)4/h21-22,24-29H,1-4H3/b24-21+,25-22+. The Morgan fingerprint density at radius 2 is 1.11 bits per heavy atom. The molecule has 0 radical (unpaired) electrons. The van der Waals surface area contributed by atoms with Crippen molar-refractivity contribution in [2.75, 3.05) is 0 Å². The van der Waals surface area contributed by atoms with Gasteiger partial charge in [0.2, 0.25) is 0 Å². The molecule has 0 unspecified atom stereocenters. The molecule has 2 nitrogen and oxygen atoms in total. The minimum Gasteiger partial charge on any atom is -0.407 e. The van der Waals surface area contributed by atoms with Gasteiger partial charge in [-0.3, -0.25) is 4.79 Å². The summed E-state index contributed by atoms with van der Waals surface area (Å²) in [5.74, 6) is 43.8. The van der Waals surface area contributed by atoms with Gasteiger partial charge in [0.25, 0.3) is 0 Å². The highest BCUT2D eigenvalue weighted by Crippen LogP contribution is 2.15. The summed E-state index contributed by atoms with van der Waals surface area (Å²) in [6.45, 7) is 7.35. The van der Waals surface area contributed by atoms with Crippen molar-refractivity contribution in [3.05, 3.63) is 48.1 Å². The highest BCUT2D eigenvalue weighted by molar-refractivity contribution is 5.94. The lowest BCUT2D eigenvalue weighted by molar-refractivity contribution is -0.121. The summed E-state index contributed by atoms with van der Waals surface area (Å²) in [7, 11) is 0. The summed E-state index contributed by atoms with van der Waals surface area (Å²) >= 11 is 0. The first kappa shape index (κ1) is 28.2. The zero-order valence-electron chi connectivity index (χ0n) is 20.4. The second-order valence-corrected chi connectivity index (χ2v) is 7.36. The SMILES string of the molecule is CC#CC#CC#CC#CC#CC#CC#CC#CC#COc1ccc(/C=C/C=C/C(=O)C(C)(C)C)cc1. The van der Waals surface area contributed by atoms with E-state index in [0.29, 0.717) is 5.75 Å². The Bertz CT molecular complexity index is 1580. The summed E-state index contributed by atoms with van der Waals surface area (Å²) in [6, 6.07) is 7.33. The summed E-state index contributed by atoms with van der Waals surface area (Å²) in [5.41, 5.74) is 0.589. The Kier molecular flexibility index (Phi) is 13.9. The molecule has 0 saturated heterocycles. The predicted octanol–water partition coefficient (Wildman–Crippen LogP) is 4.26. The first-order chi connectivity index (χ1) is 17.4. The molecule has 36 heavy (non-hydrogen) atoms. The van der Waals surface area contributed by atoms with E-state index >= 15 is 0 Å². The number of rotatable bonds is 4. The lowest BCUT2D eigenvalue weighted by atomic mass is 9.91. The lowest BCUT2D eigenvalue weighted by Gasteiger charge is -2.12. The molecule has 0 bridgehead atoms. The van der Waals surface area contributed by atoms with E-state index in [1.807, 2.05) is 45.1 Å². The van der Waals surface area contributed by atoms with Crippen LogP contribution >= 0.6 is 0 Å². The fraction of sp³-hybridized carbons (Fsp3) is 0.147. The smallest absolute Gasteiger partial charge is 0.160 e. The van der Waals surface area contributed by atoms with Gasteiger partial charge >= 0.3 is 0 Å². The molecule has 1 rings (SSSR count). The molecule has 0 spiro atoms. The number of carbonyl (C=O) groups excluding carboxylic acids is 1. The van der Waals surface area contributed by atoms with E-state index in [9.17, 15) is 4.79 Å². The minimum absolute atomic E-state index is 0.0790. The molecule has 2 heteroatoms. The molecule has 1 aromatic carbocycles. The van der Waals surface area contributed by atoms with Gasteiger partial charge < -0.3 is 4.74 Å². The van der Waals surface area contributed by atoms with Gasteiger partial charge in [-0.2, -0.15) is 0 Å². The quantitative estimate of drug-likeness (QED) is 0.381. The molecular weight excluding hydrogens is 440 g/mol. The van der Waals surface area contributed by atoms with Gasteiger partial charge in [0.1, 0.15) is 11.9 Å². The van der Waals surface area contributed by atoms with E-state index in [4.69, 9.17) is 4.74 Å². The molecule has 1 aromatic rings. The van der Waals surface area contributed by atoms with E-state index in [2.05, 4.69) is 107 Å². The van der Waals surface area contributed by atoms with Crippen molar-refractivity contribution < 1.29 is 9.53 Å². The number of carbonyl (C=O) groups is 1. The summed E-state index contributed by atoms with van der Waals surface area (Å²) in [4.78, 5) is 11.8. The van der Waals surface area contributed by atoms with Crippen molar-refractivity contribution in [1.82, 2.24) is 0 Å². The monoisotopic (exact) mass is 460 g/mol. The number of hydrogen-bond donors (Lipinski definition) is 0. The van der Waals surface area contributed by atoms with Crippen molar-refractivity contribution in [3.8, 4) is 113 Å². The van der Waals surface area contributed by atoms with Crippen LogP contribution in [0.5, 0.6) is 5.75 Å². The third-order valence-corrected chi connectivity index (χ3v) is 3.55. The topological polar surface area (TPSA) is 26.3 Å². The molecule has 0 atom stereocenters. The van der Waals surface area contributed by atoms with E-state index in [1.165, 1.54) is 0 Å². The first-order valence-electron chi connectivity index (χ1n) is 10.5. The van der Waals surface area contributed by atoms with Crippen molar-refractivity contribution in [2.45, 2.75) is 27.7 Å². The van der Waals surface area contributed by atoms with Gasteiger partial charge in [-0.15, -0.1) is 0 Å². The lowest BCUT2D eigenvalue weighted by Crippen LogP contribution is -2.17. The Morgan fingerprint density at radius 1 is 0.667 bits per heavy atom. The normalized spacial score (nSPS) is 8.11. The molecule has 0 heterocycles. The number of ketones is 1. The Labute approximate surface area is 215 Å². The molecule has 0 fully saturated rings. The van der Waals surface area contributed by atoms with Crippen LogP contribution in [0, 0.1) is 112 Å². The van der Waals surface area contributed by atoms with Gasteiger partial charge in [0.05, 0.1) is 0 Å². The maximum absolute atomic E-state index is 11.8. The van der Waals surface area contributed by atoms with Crippen molar-refractivity contribution >= 4 is 11.9 Å². The largest absolute Gasteiger partial charge is 0.407 e. The average molecular weight is 461 g/mol. The molecule has 168 valence electrons. The van der Waals surface area contributed by atoms with Gasteiger partial charge in [0, 0.05) is 52.8 Å². The average Bonchev–Trinajstić information content (AvgIpc) is 2.86. The Balaban J connectivity index is 2.47. The van der Waals surface area contributed by atoms with Crippen LogP contribution < -0.4 is 4.74 Å². The van der Waals surface area contributed by atoms with Crippen molar-refractivity contribution in [1.29, 1.82) is 0 Å². The second-order valence-electron chi connectivity index (χ2n) is 7.36. The molecule has 0 saturated carbocycles. The summed E-state index contributed by atoms with van der Waals surface area (Å²) in [5, 5.41) is 0. The predicted molar refractivity (Wildman–Crippen MR) is 145 cm³/mol. The van der Waals surface area contributed by atoms with Crippen LogP contribution in [0.2, 0.25) is 0 Å². The van der Waals surface area contributed by atoms with Crippen molar-refractivity contribution in [2.24, 2.45) is 5.41 Å². The molecule has 0 aromatic heterocycles. The number of benzene rings is 1. The fourth-order valence-corrected chi connectivity index (χ4v) is 1.82. The van der Waals surface area contributed by atoms with Crippen LogP contribution in [0.1, 0.15) is 33.3 Å². The van der Waals surface area contributed by atoms with Crippen LogP contribution in [0.25, 0.3) is 6.08 Å². The minimum atomic E-state index is -0.377. The van der Waals surface area contributed by atoms with Crippen LogP contribution in [-0.4, -0.2) is 5.78 Å². The van der Waals surface area contributed by atoms with E-state index in [1.54, 1.807) is 31.2 Å². The molecule has 0 aliphatic rings. The first-order valence-corrected chi connectivity index (χ1v) is 10.5. The summed E-state index contributed by atoms with van der Waals surface area (Å²) in [6.07, 6.45) is 9.52. The molecule has 0 aliphatic heterocycles. The van der Waals surface area contributed by atoms with Crippen molar-refractivity contribution in [3.63, 3.8) is 0 Å². The van der Waals surface area contributed by atoms with Gasteiger partial charge in [-0.1, -0.05) is 57.1 Å². The number of allylic oxidation sites excluding steroid dienone is 3. The van der Waals surface area contributed by atoms with Crippen LogP contribution in [0.4, 0.5) is 0 Å². The maximum atomic E-state index is 11.8. The highest BCUT2D eigenvalue weighted by Gasteiger charge is 2.17. The van der Waals surface area contributed by atoms with Gasteiger partial charge in [0.15, 0.2) is 5.78 Å². The van der Waals surface area contributed by atoms with Crippen LogP contribution in [-0.2, 0) is 4.79 Å². The number of ether oxygens (including phenoxy) is 1. The van der Waals surface area contributed by atoms with E-state index in [0.717, 1.165) is 5.56 Å². The van der Waals surface area contributed by atoms with Crippen LogP contribution in [0.3, 0.4) is 0 Å². The summed E-state index contributed by atoms with van der Waals surface area (Å²) < 4.78 is 5.30. The fourth-order valence-electron chi connectivity index (χ4n) is 1.82. The second kappa shape index (κ2) is 17.7. The van der Waals surface area contributed by atoms with Crippen LogP contribution in [0.15, 0.2) is 42.5 Å². The maximum Gasteiger partial charge on any atom is 0.160 e. The molecular formula is C34H20O2. The molecule has 0 amide bonds. The Morgan fingerprint density at radius 3 is 1.56 bits per heavy atom. The molecule has 0 aliphatic carbocycles. The van der Waals surface area contributed by atoms with E-state index < -0.39 is 0 Å². The van der Waals surface area contributed by atoms with Gasteiger partial charge in [-0.05, 0) is 78.1 Å². The zero-order valence-corrected chi connectivity index (χ0v) is 20.4. The highest BCUT2D eigenvalue weighted by atomic mass is 16.5.